The van der Waals surface area contributed by atoms with E-state index in [2.05, 4.69) is 20.8 Å². The number of anilines is 1. The van der Waals surface area contributed by atoms with Crippen LogP contribution in [0.5, 0.6) is 0 Å². The van der Waals surface area contributed by atoms with E-state index < -0.39 is 11.9 Å². The van der Waals surface area contributed by atoms with Gasteiger partial charge in [0.1, 0.15) is 0 Å². The molecule has 0 aliphatic carbocycles. The predicted molar refractivity (Wildman–Crippen MR) is 76.6 cm³/mol. The number of ether oxygens (including phenoxy) is 1. The van der Waals surface area contributed by atoms with Gasteiger partial charge in [-0.1, -0.05) is 15.9 Å². The number of hydrogen-bond acceptors (Lipinski definition) is 4. The van der Waals surface area contributed by atoms with Crippen LogP contribution in [0.1, 0.15) is 11.5 Å². The largest absolute Gasteiger partial charge is 0.481 e. The van der Waals surface area contributed by atoms with Gasteiger partial charge in [-0.05, 0) is 23.8 Å². The average Bonchev–Trinajstić information content (AvgIpc) is 2.40. The molecule has 6 heteroatoms. The van der Waals surface area contributed by atoms with Crippen LogP contribution in [0, 0.1) is 0 Å². The van der Waals surface area contributed by atoms with Crippen LogP contribution in [-0.4, -0.2) is 43.9 Å². The van der Waals surface area contributed by atoms with Crippen molar-refractivity contribution in [3.05, 3.63) is 28.2 Å². The molecule has 1 saturated heterocycles. The van der Waals surface area contributed by atoms with E-state index in [-0.39, 0.29) is 6.54 Å². The molecule has 0 spiro atoms. The third-order valence-electron chi connectivity index (χ3n) is 3.25. The number of rotatable bonds is 4. The van der Waals surface area contributed by atoms with E-state index in [1.807, 2.05) is 18.2 Å². The van der Waals surface area contributed by atoms with Gasteiger partial charge >= 0.3 is 5.97 Å². The fourth-order valence-electron chi connectivity index (χ4n) is 2.26. The summed E-state index contributed by atoms with van der Waals surface area (Å²) in [6.07, 6.45) is 0. The predicted octanol–water partition coefficient (Wildman–Crippen LogP) is 1.41. The summed E-state index contributed by atoms with van der Waals surface area (Å²) in [6.45, 7) is 2.95. The molecule has 1 aliphatic heterocycles. The minimum Gasteiger partial charge on any atom is -0.481 e. The Morgan fingerprint density at radius 2 is 2.16 bits per heavy atom. The lowest BCUT2D eigenvalue weighted by atomic mass is 9.96. The quantitative estimate of drug-likeness (QED) is 0.874. The van der Waals surface area contributed by atoms with Gasteiger partial charge in [0, 0.05) is 29.8 Å². The smallest absolute Gasteiger partial charge is 0.312 e. The highest BCUT2D eigenvalue weighted by atomic mass is 79.9. The summed E-state index contributed by atoms with van der Waals surface area (Å²) >= 11 is 3.39. The van der Waals surface area contributed by atoms with Gasteiger partial charge in [-0.15, -0.1) is 0 Å². The molecular formula is C13H17BrN2O3. The van der Waals surface area contributed by atoms with Crippen molar-refractivity contribution in [3.63, 3.8) is 0 Å². The molecule has 0 amide bonds. The number of aliphatic carboxylic acids is 1. The van der Waals surface area contributed by atoms with Crippen LogP contribution in [0.15, 0.2) is 22.7 Å². The minimum atomic E-state index is -0.893. The molecule has 0 radical (unpaired) electrons. The van der Waals surface area contributed by atoms with E-state index in [9.17, 15) is 9.90 Å². The van der Waals surface area contributed by atoms with Crippen molar-refractivity contribution < 1.29 is 14.6 Å². The number of carboxylic acids is 1. The lowest BCUT2D eigenvalue weighted by Crippen LogP contribution is -2.37. The van der Waals surface area contributed by atoms with Gasteiger partial charge in [0.2, 0.25) is 0 Å². The maximum Gasteiger partial charge on any atom is 0.312 e. The molecule has 1 unspecified atom stereocenters. The first-order chi connectivity index (χ1) is 9.13. The van der Waals surface area contributed by atoms with E-state index >= 15 is 0 Å². The van der Waals surface area contributed by atoms with Gasteiger partial charge in [-0.3, -0.25) is 4.79 Å². The molecule has 0 aromatic heterocycles. The maximum absolute atomic E-state index is 11.3. The molecule has 5 nitrogen and oxygen atoms in total. The topological polar surface area (TPSA) is 75.8 Å². The molecule has 1 fully saturated rings. The summed E-state index contributed by atoms with van der Waals surface area (Å²) in [5.74, 6) is -1.58. The SMILES string of the molecule is NCC(C(=O)O)c1cc(Br)ccc1N1CCOCC1. The van der Waals surface area contributed by atoms with Gasteiger partial charge < -0.3 is 20.5 Å². The van der Waals surface area contributed by atoms with Crippen molar-refractivity contribution in [2.45, 2.75) is 5.92 Å². The third-order valence-corrected chi connectivity index (χ3v) is 3.74. The van der Waals surface area contributed by atoms with Gasteiger partial charge in [0.15, 0.2) is 0 Å². The second-order valence-corrected chi connectivity index (χ2v) is 5.34. The van der Waals surface area contributed by atoms with Crippen LogP contribution in [0.25, 0.3) is 0 Å². The van der Waals surface area contributed by atoms with Crippen LogP contribution in [0.3, 0.4) is 0 Å². The number of carbonyl (C=O) groups is 1. The summed E-state index contributed by atoms with van der Waals surface area (Å²) in [6, 6.07) is 5.70. The van der Waals surface area contributed by atoms with Crippen molar-refractivity contribution >= 4 is 27.6 Å². The fourth-order valence-corrected chi connectivity index (χ4v) is 2.64. The zero-order chi connectivity index (χ0) is 13.8. The monoisotopic (exact) mass is 328 g/mol. The van der Waals surface area contributed by atoms with E-state index in [0.29, 0.717) is 13.2 Å². The van der Waals surface area contributed by atoms with Gasteiger partial charge in [0.25, 0.3) is 0 Å². The Kier molecular flexibility index (Phi) is 4.79. The zero-order valence-corrected chi connectivity index (χ0v) is 12.1. The van der Waals surface area contributed by atoms with Crippen LogP contribution < -0.4 is 10.6 Å². The first-order valence-electron chi connectivity index (χ1n) is 6.18. The number of nitrogens with two attached hydrogens (primary N) is 1. The van der Waals surface area contributed by atoms with Crippen LogP contribution in [-0.2, 0) is 9.53 Å². The van der Waals surface area contributed by atoms with Crippen molar-refractivity contribution in [3.8, 4) is 0 Å². The Morgan fingerprint density at radius 3 is 2.74 bits per heavy atom. The van der Waals surface area contributed by atoms with Crippen LogP contribution in [0.2, 0.25) is 0 Å². The Balaban J connectivity index is 2.39. The molecule has 1 aliphatic rings. The Bertz CT molecular complexity index is 461. The van der Waals surface area contributed by atoms with E-state index in [4.69, 9.17) is 10.5 Å². The molecule has 0 saturated carbocycles. The van der Waals surface area contributed by atoms with Gasteiger partial charge in [-0.25, -0.2) is 0 Å². The molecule has 1 aromatic rings. The second-order valence-electron chi connectivity index (χ2n) is 4.43. The highest BCUT2D eigenvalue weighted by Crippen LogP contribution is 2.31. The molecular weight excluding hydrogens is 312 g/mol. The average molecular weight is 329 g/mol. The summed E-state index contributed by atoms with van der Waals surface area (Å²) < 4.78 is 6.19. The molecule has 104 valence electrons. The molecule has 1 aromatic carbocycles. The molecule has 19 heavy (non-hydrogen) atoms. The first kappa shape index (κ1) is 14.3. The zero-order valence-electron chi connectivity index (χ0n) is 10.5. The molecule has 2 rings (SSSR count). The highest BCUT2D eigenvalue weighted by molar-refractivity contribution is 9.10. The molecule has 1 atom stereocenters. The highest BCUT2D eigenvalue weighted by Gasteiger charge is 2.24. The maximum atomic E-state index is 11.3. The minimum absolute atomic E-state index is 0.0864. The number of hydrogen-bond donors (Lipinski definition) is 2. The summed E-state index contributed by atoms with van der Waals surface area (Å²) in [5, 5.41) is 9.30. The van der Waals surface area contributed by atoms with Gasteiger partial charge in [-0.2, -0.15) is 0 Å². The summed E-state index contributed by atoms with van der Waals surface area (Å²) in [7, 11) is 0. The molecule has 1 heterocycles. The normalized spacial score (nSPS) is 17.3. The van der Waals surface area contributed by atoms with E-state index in [1.54, 1.807) is 0 Å². The van der Waals surface area contributed by atoms with Gasteiger partial charge in [0.05, 0.1) is 19.1 Å². The number of nitrogens with zero attached hydrogens (tertiary/aromatic N) is 1. The number of carboxylic acid groups (broad SMARTS) is 1. The Labute approximate surface area is 120 Å². The number of morpholine rings is 1. The van der Waals surface area contributed by atoms with Crippen molar-refractivity contribution in [1.29, 1.82) is 0 Å². The molecule has 3 N–H and O–H groups in total. The summed E-state index contributed by atoms with van der Waals surface area (Å²) in [4.78, 5) is 13.5. The van der Waals surface area contributed by atoms with E-state index in [0.717, 1.165) is 28.8 Å². The van der Waals surface area contributed by atoms with Crippen molar-refractivity contribution in [2.24, 2.45) is 5.73 Å². The molecule has 0 bridgehead atoms. The van der Waals surface area contributed by atoms with E-state index in [1.165, 1.54) is 0 Å². The lowest BCUT2D eigenvalue weighted by molar-refractivity contribution is -0.138. The van der Waals surface area contributed by atoms with Crippen molar-refractivity contribution in [2.75, 3.05) is 37.7 Å². The van der Waals surface area contributed by atoms with Crippen molar-refractivity contribution in [1.82, 2.24) is 0 Å². The number of halogens is 1. The fraction of sp³-hybridized carbons (Fsp3) is 0.462. The third kappa shape index (κ3) is 3.26. The lowest BCUT2D eigenvalue weighted by Gasteiger charge is -2.31. The second kappa shape index (κ2) is 6.36. The standard InChI is InChI=1S/C13H17BrN2O3/c14-9-1-2-12(16-3-5-19-6-4-16)10(7-9)11(8-15)13(17)18/h1-2,7,11H,3-6,8,15H2,(H,17,18). The first-order valence-corrected chi connectivity index (χ1v) is 6.98. The van der Waals surface area contributed by atoms with Crippen LogP contribution in [0.4, 0.5) is 5.69 Å². The summed E-state index contributed by atoms with van der Waals surface area (Å²) in [5.41, 5.74) is 7.31. The number of benzene rings is 1. The van der Waals surface area contributed by atoms with Crippen LogP contribution >= 0.6 is 15.9 Å². The Morgan fingerprint density at radius 1 is 1.47 bits per heavy atom. The Hall–Kier alpha value is -1.11.